The Bertz CT molecular complexity index is 658. The Morgan fingerprint density at radius 2 is 1.80 bits per heavy atom. The maximum atomic E-state index is 11.7. The van der Waals surface area contributed by atoms with Gasteiger partial charge in [0, 0.05) is 16.4 Å². The minimum atomic E-state index is -0.945. The normalized spacial score (nSPS) is 10.2. The highest BCUT2D eigenvalue weighted by atomic mass is 79.9. The number of aliphatic carboxylic acids is 1. The molecule has 0 saturated heterocycles. The van der Waals surface area contributed by atoms with Crippen LogP contribution >= 0.6 is 15.9 Å². The molecule has 5 nitrogen and oxygen atoms in total. The van der Waals surface area contributed by atoms with Crippen molar-refractivity contribution in [2.45, 2.75) is 6.42 Å². The molecule has 0 radical (unpaired) electrons. The van der Waals surface area contributed by atoms with Gasteiger partial charge in [0.2, 0.25) is 0 Å². The Morgan fingerprint density at radius 3 is 2.50 bits per heavy atom. The topological polar surface area (TPSA) is 78.4 Å². The standard InChI is InChI=1S/C14H13BrN2O3/c15-11-5-6-12(10-4-2-1-3-9(10)11)17-14(20)16-8-7-13(18)19/h1-6H,7-8H2,(H,18,19)(H2,16,17,20). The van der Waals surface area contributed by atoms with Crippen molar-refractivity contribution in [2.75, 3.05) is 11.9 Å². The van der Waals surface area contributed by atoms with Gasteiger partial charge in [0.25, 0.3) is 0 Å². The average molecular weight is 337 g/mol. The lowest BCUT2D eigenvalue weighted by Crippen LogP contribution is -2.30. The molecule has 0 saturated carbocycles. The second kappa shape index (κ2) is 6.38. The minimum Gasteiger partial charge on any atom is -0.481 e. The van der Waals surface area contributed by atoms with E-state index in [1.54, 1.807) is 6.07 Å². The third-order valence-electron chi connectivity index (χ3n) is 2.74. The van der Waals surface area contributed by atoms with Crippen molar-refractivity contribution in [1.82, 2.24) is 5.32 Å². The highest BCUT2D eigenvalue weighted by Crippen LogP contribution is 2.29. The molecule has 2 aromatic rings. The van der Waals surface area contributed by atoms with E-state index in [1.165, 1.54) is 0 Å². The van der Waals surface area contributed by atoms with Crippen LogP contribution in [0, 0.1) is 0 Å². The lowest BCUT2D eigenvalue weighted by Gasteiger charge is -2.10. The van der Waals surface area contributed by atoms with Crippen molar-refractivity contribution in [2.24, 2.45) is 0 Å². The number of hydrogen-bond acceptors (Lipinski definition) is 2. The molecule has 20 heavy (non-hydrogen) atoms. The number of carbonyl (C=O) groups is 2. The Labute approximate surface area is 124 Å². The maximum Gasteiger partial charge on any atom is 0.319 e. The number of rotatable bonds is 4. The number of carboxylic acid groups (broad SMARTS) is 1. The summed E-state index contributed by atoms with van der Waals surface area (Å²) in [5.74, 6) is -0.945. The zero-order valence-electron chi connectivity index (χ0n) is 10.5. The van der Waals surface area contributed by atoms with E-state index in [0.29, 0.717) is 5.69 Å². The van der Waals surface area contributed by atoms with E-state index in [-0.39, 0.29) is 13.0 Å². The van der Waals surface area contributed by atoms with Crippen LogP contribution in [0.5, 0.6) is 0 Å². The fraction of sp³-hybridized carbons (Fsp3) is 0.143. The maximum absolute atomic E-state index is 11.7. The molecule has 0 unspecified atom stereocenters. The van der Waals surface area contributed by atoms with Crippen molar-refractivity contribution in [3.63, 3.8) is 0 Å². The molecule has 0 aliphatic heterocycles. The third kappa shape index (κ3) is 3.48. The minimum absolute atomic E-state index is 0.0929. The average Bonchev–Trinajstić information content (AvgIpc) is 2.42. The summed E-state index contributed by atoms with van der Waals surface area (Å²) in [6.07, 6.45) is -0.103. The van der Waals surface area contributed by atoms with E-state index >= 15 is 0 Å². The molecule has 6 heteroatoms. The van der Waals surface area contributed by atoms with Crippen LogP contribution in [-0.2, 0) is 4.79 Å². The van der Waals surface area contributed by atoms with Crippen molar-refractivity contribution in [1.29, 1.82) is 0 Å². The summed E-state index contributed by atoms with van der Waals surface area (Å²) in [4.78, 5) is 22.1. The second-order valence-corrected chi connectivity index (χ2v) is 5.02. The van der Waals surface area contributed by atoms with Crippen LogP contribution in [0.4, 0.5) is 10.5 Å². The van der Waals surface area contributed by atoms with Crippen LogP contribution in [0.25, 0.3) is 10.8 Å². The molecule has 0 bridgehead atoms. The Kier molecular flexibility index (Phi) is 4.57. The number of nitrogens with one attached hydrogen (secondary N) is 2. The summed E-state index contributed by atoms with van der Waals surface area (Å²) >= 11 is 3.46. The van der Waals surface area contributed by atoms with Gasteiger partial charge in [-0.1, -0.05) is 40.2 Å². The number of hydrogen-bond donors (Lipinski definition) is 3. The van der Waals surface area contributed by atoms with Gasteiger partial charge in [-0.05, 0) is 17.5 Å². The van der Waals surface area contributed by atoms with Crippen LogP contribution in [0.2, 0.25) is 0 Å². The van der Waals surface area contributed by atoms with Crippen molar-refractivity contribution in [3.05, 3.63) is 40.9 Å². The predicted octanol–water partition coefficient (Wildman–Crippen LogP) is 3.20. The van der Waals surface area contributed by atoms with Crippen molar-refractivity contribution >= 4 is 44.4 Å². The number of fused-ring (bicyclic) bond motifs is 1. The molecular formula is C14H13BrN2O3. The quantitative estimate of drug-likeness (QED) is 0.802. The number of carboxylic acids is 1. The summed E-state index contributed by atoms with van der Waals surface area (Å²) in [7, 11) is 0. The third-order valence-corrected chi connectivity index (χ3v) is 3.43. The lowest BCUT2D eigenvalue weighted by molar-refractivity contribution is -0.136. The molecule has 3 N–H and O–H groups in total. The highest BCUT2D eigenvalue weighted by Gasteiger charge is 2.07. The number of amides is 2. The summed E-state index contributed by atoms with van der Waals surface area (Å²) in [6, 6.07) is 10.9. The van der Waals surface area contributed by atoms with Crippen LogP contribution in [0.1, 0.15) is 6.42 Å². The first-order chi connectivity index (χ1) is 9.58. The summed E-state index contributed by atoms with van der Waals surface area (Å²) in [6.45, 7) is 0.0929. The van der Waals surface area contributed by atoms with Gasteiger partial charge >= 0.3 is 12.0 Å². The highest BCUT2D eigenvalue weighted by molar-refractivity contribution is 9.10. The van der Waals surface area contributed by atoms with Crippen molar-refractivity contribution in [3.8, 4) is 0 Å². The second-order valence-electron chi connectivity index (χ2n) is 4.17. The number of urea groups is 1. The van der Waals surface area contributed by atoms with Gasteiger partial charge in [-0.15, -0.1) is 0 Å². The zero-order valence-corrected chi connectivity index (χ0v) is 12.1. The van der Waals surface area contributed by atoms with E-state index in [9.17, 15) is 9.59 Å². The first-order valence-corrected chi connectivity index (χ1v) is 6.81. The predicted molar refractivity (Wildman–Crippen MR) is 80.9 cm³/mol. The van der Waals surface area contributed by atoms with Gasteiger partial charge in [-0.3, -0.25) is 4.79 Å². The molecule has 0 fully saturated rings. The van der Waals surface area contributed by atoms with E-state index in [4.69, 9.17) is 5.11 Å². The molecule has 0 aliphatic carbocycles. The number of halogens is 1. The first kappa shape index (κ1) is 14.3. The smallest absolute Gasteiger partial charge is 0.319 e. The number of benzene rings is 2. The monoisotopic (exact) mass is 336 g/mol. The largest absolute Gasteiger partial charge is 0.481 e. The van der Waals surface area contributed by atoms with E-state index in [1.807, 2.05) is 30.3 Å². The van der Waals surface area contributed by atoms with Gasteiger partial charge in [0.05, 0.1) is 12.1 Å². The lowest BCUT2D eigenvalue weighted by atomic mass is 10.1. The molecule has 0 aromatic heterocycles. The van der Waals surface area contributed by atoms with Crippen LogP contribution in [0.15, 0.2) is 40.9 Å². The first-order valence-electron chi connectivity index (χ1n) is 6.02. The molecule has 0 atom stereocenters. The molecule has 2 aromatic carbocycles. The fourth-order valence-electron chi connectivity index (χ4n) is 1.82. The fourth-order valence-corrected chi connectivity index (χ4v) is 2.30. The van der Waals surface area contributed by atoms with Crippen molar-refractivity contribution < 1.29 is 14.7 Å². The van der Waals surface area contributed by atoms with Crippen LogP contribution in [-0.4, -0.2) is 23.7 Å². The molecule has 0 heterocycles. The van der Waals surface area contributed by atoms with Gasteiger partial charge in [-0.2, -0.15) is 0 Å². The van der Waals surface area contributed by atoms with Gasteiger partial charge in [0.15, 0.2) is 0 Å². The van der Waals surface area contributed by atoms with Gasteiger partial charge < -0.3 is 15.7 Å². The molecule has 2 amide bonds. The number of anilines is 1. The summed E-state index contributed by atoms with van der Waals surface area (Å²) in [5.41, 5.74) is 0.677. The van der Waals surface area contributed by atoms with Crippen LogP contribution in [0.3, 0.4) is 0 Å². The summed E-state index contributed by atoms with van der Waals surface area (Å²) < 4.78 is 0.949. The zero-order chi connectivity index (χ0) is 14.5. The SMILES string of the molecule is O=C(O)CCNC(=O)Nc1ccc(Br)c2ccccc12. The Balaban J connectivity index is 2.12. The molecule has 2 rings (SSSR count). The van der Waals surface area contributed by atoms with Gasteiger partial charge in [-0.25, -0.2) is 4.79 Å². The molecular weight excluding hydrogens is 324 g/mol. The molecule has 104 valence electrons. The van der Waals surface area contributed by atoms with E-state index < -0.39 is 12.0 Å². The Morgan fingerprint density at radius 1 is 1.10 bits per heavy atom. The molecule has 0 spiro atoms. The van der Waals surface area contributed by atoms with Crippen LogP contribution < -0.4 is 10.6 Å². The number of carbonyl (C=O) groups excluding carboxylic acids is 1. The van der Waals surface area contributed by atoms with E-state index in [2.05, 4.69) is 26.6 Å². The van der Waals surface area contributed by atoms with Gasteiger partial charge in [0.1, 0.15) is 0 Å². The summed E-state index contributed by atoms with van der Waals surface area (Å²) in [5, 5.41) is 15.6. The molecule has 0 aliphatic rings. The Hall–Kier alpha value is -2.08. The van der Waals surface area contributed by atoms with E-state index in [0.717, 1.165) is 15.2 Å².